The molecule has 0 aliphatic rings. The Bertz CT molecular complexity index is 1020. The van der Waals surface area contributed by atoms with Crippen LogP contribution < -0.4 is 11.0 Å². The first-order valence-corrected chi connectivity index (χ1v) is 7.42. The highest BCUT2D eigenvalue weighted by molar-refractivity contribution is 6.00. The van der Waals surface area contributed by atoms with Crippen molar-refractivity contribution in [3.8, 4) is 23.1 Å². The van der Waals surface area contributed by atoms with Crippen molar-refractivity contribution in [3.05, 3.63) is 88.2 Å². The summed E-state index contributed by atoms with van der Waals surface area (Å²) < 4.78 is 0.667. The number of hydrogen-bond acceptors (Lipinski definition) is 4. The lowest BCUT2D eigenvalue weighted by atomic mass is 10.0. The largest absolute Gasteiger partial charge is 0.493 e. The van der Waals surface area contributed by atoms with Crippen LogP contribution >= 0.6 is 0 Å². The molecule has 25 heavy (non-hydrogen) atoms. The highest BCUT2D eigenvalue weighted by Crippen LogP contribution is 2.24. The number of benzene rings is 2. The van der Waals surface area contributed by atoms with Gasteiger partial charge in [-0.1, -0.05) is 48.5 Å². The third-order valence-electron chi connectivity index (χ3n) is 3.63. The van der Waals surface area contributed by atoms with Crippen LogP contribution in [0.5, 0.6) is 5.88 Å². The third-order valence-corrected chi connectivity index (χ3v) is 3.63. The fourth-order valence-electron chi connectivity index (χ4n) is 2.41. The summed E-state index contributed by atoms with van der Waals surface area (Å²) in [5.74, 6) is -1.04. The van der Waals surface area contributed by atoms with E-state index in [1.165, 1.54) is 6.07 Å². The molecule has 2 N–H and O–H groups in total. The minimum atomic E-state index is -0.800. The standard InChI is InChI=1S/C19H13N3O3/c20-12-16-15(13-7-3-1-4-8-13)11-17(23)22(19(16)25)21-18(24)14-9-5-2-6-10-14/h1-11,23H,(H,21,24). The molecule has 0 bridgehead atoms. The summed E-state index contributed by atoms with van der Waals surface area (Å²) in [7, 11) is 0. The maximum atomic E-state index is 12.5. The van der Waals surface area contributed by atoms with Crippen LogP contribution in [0.15, 0.2) is 71.5 Å². The highest BCUT2D eigenvalue weighted by atomic mass is 16.3. The number of carbonyl (C=O) groups is 1. The first-order valence-electron chi connectivity index (χ1n) is 7.42. The van der Waals surface area contributed by atoms with E-state index < -0.39 is 17.3 Å². The van der Waals surface area contributed by atoms with E-state index >= 15 is 0 Å². The van der Waals surface area contributed by atoms with E-state index in [1.807, 2.05) is 6.07 Å². The molecule has 0 spiro atoms. The summed E-state index contributed by atoms with van der Waals surface area (Å²) in [6.07, 6.45) is 0. The molecule has 1 aromatic heterocycles. The van der Waals surface area contributed by atoms with Gasteiger partial charge in [-0.15, -0.1) is 0 Å². The Hall–Kier alpha value is -3.85. The SMILES string of the molecule is N#Cc1c(-c2ccccc2)cc(O)n(NC(=O)c2ccccc2)c1=O. The van der Waals surface area contributed by atoms with Gasteiger partial charge in [-0.2, -0.15) is 9.94 Å². The van der Waals surface area contributed by atoms with Gasteiger partial charge in [0.15, 0.2) is 0 Å². The number of pyridine rings is 1. The average molecular weight is 331 g/mol. The van der Waals surface area contributed by atoms with E-state index in [0.717, 1.165) is 0 Å². The summed E-state index contributed by atoms with van der Waals surface area (Å²) in [4.78, 5) is 24.8. The van der Waals surface area contributed by atoms with Crippen LogP contribution in [0, 0.1) is 11.3 Å². The Morgan fingerprint density at radius 3 is 2.24 bits per heavy atom. The molecule has 0 aliphatic carbocycles. The number of nitrogens with one attached hydrogen (secondary N) is 1. The van der Waals surface area contributed by atoms with Gasteiger partial charge >= 0.3 is 0 Å². The lowest BCUT2D eigenvalue weighted by Gasteiger charge is -2.13. The van der Waals surface area contributed by atoms with E-state index in [4.69, 9.17) is 0 Å². The van der Waals surface area contributed by atoms with Gasteiger partial charge in [-0.25, -0.2) is 0 Å². The first kappa shape index (κ1) is 16.0. The van der Waals surface area contributed by atoms with Gasteiger partial charge in [0.2, 0.25) is 5.88 Å². The van der Waals surface area contributed by atoms with Crippen molar-refractivity contribution in [2.24, 2.45) is 0 Å². The van der Waals surface area contributed by atoms with Crippen LogP contribution in [0.25, 0.3) is 11.1 Å². The minimum absolute atomic E-state index is 0.169. The van der Waals surface area contributed by atoms with Crippen LogP contribution in [-0.2, 0) is 0 Å². The molecule has 3 rings (SSSR count). The molecule has 3 aromatic rings. The van der Waals surface area contributed by atoms with E-state index in [2.05, 4.69) is 5.43 Å². The number of nitrogens with zero attached hydrogens (tertiary/aromatic N) is 2. The molecule has 0 saturated heterocycles. The van der Waals surface area contributed by atoms with Crippen molar-refractivity contribution >= 4 is 5.91 Å². The molecule has 2 aromatic carbocycles. The second kappa shape index (κ2) is 6.72. The van der Waals surface area contributed by atoms with Crippen molar-refractivity contribution in [1.29, 1.82) is 5.26 Å². The van der Waals surface area contributed by atoms with Gasteiger partial charge in [0.1, 0.15) is 11.6 Å². The van der Waals surface area contributed by atoms with Crippen LogP contribution in [0.2, 0.25) is 0 Å². The normalized spacial score (nSPS) is 10.0. The Morgan fingerprint density at radius 1 is 1.04 bits per heavy atom. The zero-order chi connectivity index (χ0) is 17.8. The van der Waals surface area contributed by atoms with Gasteiger partial charge in [-0.3, -0.25) is 15.0 Å². The van der Waals surface area contributed by atoms with Crippen LogP contribution in [0.4, 0.5) is 0 Å². The van der Waals surface area contributed by atoms with Gasteiger partial charge in [-0.05, 0) is 17.7 Å². The predicted molar refractivity (Wildman–Crippen MR) is 92.7 cm³/mol. The second-order valence-electron chi connectivity index (χ2n) is 5.22. The molecule has 6 nitrogen and oxygen atoms in total. The summed E-state index contributed by atoms with van der Waals surface area (Å²) >= 11 is 0. The number of amides is 1. The first-order chi connectivity index (χ1) is 12.1. The van der Waals surface area contributed by atoms with Crippen molar-refractivity contribution in [2.75, 3.05) is 5.43 Å². The molecular weight excluding hydrogens is 318 g/mol. The lowest BCUT2D eigenvalue weighted by Crippen LogP contribution is -2.34. The molecule has 122 valence electrons. The van der Waals surface area contributed by atoms with Gasteiger partial charge in [0.05, 0.1) is 0 Å². The van der Waals surface area contributed by atoms with Gasteiger partial charge in [0.25, 0.3) is 11.5 Å². The van der Waals surface area contributed by atoms with E-state index in [0.29, 0.717) is 21.4 Å². The smallest absolute Gasteiger partial charge is 0.290 e. The summed E-state index contributed by atoms with van der Waals surface area (Å²) in [6, 6.07) is 20.1. The Balaban J connectivity index is 2.07. The Kier molecular flexibility index (Phi) is 4.31. The van der Waals surface area contributed by atoms with E-state index in [-0.39, 0.29) is 5.56 Å². The third kappa shape index (κ3) is 3.12. The number of nitriles is 1. The molecular formula is C19H13N3O3. The predicted octanol–water partition coefficient (Wildman–Crippen LogP) is 2.48. The molecule has 0 atom stereocenters. The Morgan fingerprint density at radius 2 is 1.64 bits per heavy atom. The average Bonchev–Trinajstić information content (AvgIpc) is 2.66. The topological polar surface area (TPSA) is 95.1 Å². The highest BCUT2D eigenvalue weighted by Gasteiger charge is 2.17. The van der Waals surface area contributed by atoms with Crippen molar-refractivity contribution in [3.63, 3.8) is 0 Å². The zero-order valence-corrected chi connectivity index (χ0v) is 13.0. The minimum Gasteiger partial charge on any atom is -0.493 e. The van der Waals surface area contributed by atoms with Crippen LogP contribution in [0.3, 0.4) is 0 Å². The van der Waals surface area contributed by atoms with Crippen molar-refractivity contribution in [2.45, 2.75) is 0 Å². The number of rotatable bonds is 3. The zero-order valence-electron chi connectivity index (χ0n) is 13.0. The maximum Gasteiger partial charge on any atom is 0.290 e. The van der Waals surface area contributed by atoms with Crippen LogP contribution in [-0.4, -0.2) is 15.7 Å². The molecule has 0 radical (unpaired) electrons. The van der Waals surface area contributed by atoms with Gasteiger partial charge in [0, 0.05) is 17.2 Å². The molecule has 1 heterocycles. The quantitative estimate of drug-likeness (QED) is 0.771. The monoisotopic (exact) mass is 331 g/mol. The number of aromatic hydroxyl groups is 1. The second-order valence-corrected chi connectivity index (χ2v) is 5.22. The van der Waals surface area contributed by atoms with Crippen molar-refractivity contribution < 1.29 is 9.90 Å². The lowest BCUT2D eigenvalue weighted by molar-refractivity contribution is 0.100. The maximum absolute atomic E-state index is 12.5. The Labute approximate surface area is 143 Å². The molecule has 0 aliphatic heterocycles. The molecule has 0 unspecified atom stereocenters. The van der Waals surface area contributed by atoms with Crippen LogP contribution in [0.1, 0.15) is 15.9 Å². The summed E-state index contributed by atoms with van der Waals surface area (Å²) in [6.45, 7) is 0. The van der Waals surface area contributed by atoms with Gasteiger partial charge < -0.3 is 5.11 Å². The fraction of sp³-hybridized carbons (Fsp3) is 0. The number of aromatic nitrogens is 1. The number of carbonyl (C=O) groups excluding carboxylic acids is 1. The van der Waals surface area contributed by atoms with E-state index in [1.54, 1.807) is 60.7 Å². The molecule has 6 heteroatoms. The fourth-order valence-corrected chi connectivity index (χ4v) is 2.41. The summed E-state index contributed by atoms with van der Waals surface area (Å²) in [5.41, 5.74) is 2.58. The number of hydrogen-bond donors (Lipinski definition) is 2. The summed E-state index contributed by atoms with van der Waals surface area (Å²) in [5, 5.41) is 19.6. The molecule has 0 saturated carbocycles. The van der Waals surface area contributed by atoms with E-state index in [9.17, 15) is 20.0 Å². The molecule has 0 fully saturated rings. The molecule has 1 amide bonds. The van der Waals surface area contributed by atoms with Crippen molar-refractivity contribution in [1.82, 2.24) is 4.68 Å².